The van der Waals surface area contributed by atoms with E-state index in [1.54, 1.807) is 4.98 Å². The van der Waals surface area contributed by atoms with Crippen molar-refractivity contribution in [1.29, 1.82) is 0 Å². The highest BCUT2D eigenvalue weighted by Gasteiger charge is 2.31. The molecule has 11 heteroatoms. The van der Waals surface area contributed by atoms with Crippen LogP contribution >= 0.6 is 0 Å². The second-order valence-electron chi connectivity index (χ2n) is 2.85. The van der Waals surface area contributed by atoms with Crippen LogP contribution in [0.5, 0.6) is 0 Å². The molecule has 3 N–H and O–H groups in total. The molecule has 0 fully saturated rings. The molecule has 17 heavy (non-hydrogen) atoms. The van der Waals surface area contributed by atoms with Crippen LogP contribution in [0, 0.1) is 10.1 Å². The number of pyridine rings is 1. The van der Waals surface area contributed by atoms with Crippen LogP contribution in [0.15, 0.2) is 16.0 Å². The number of hydrogen-bond donors (Lipinski definition) is 2. The van der Waals surface area contributed by atoms with Crippen LogP contribution in [0.25, 0.3) is 0 Å². The summed E-state index contributed by atoms with van der Waals surface area (Å²) < 4.78 is 46.4. The van der Waals surface area contributed by atoms with Gasteiger partial charge < -0.3 is 4.98 Å². The van der Waals surface area contributed by atoms with Crippen molar-refractivity contribution in [3.63, 3.8) is 0 Å². The molecule has 0 aliphatic rings. The van der Waals surface area contributed by atoms with E-state index in [1.807, 2.05) is 0 Å². The molecule has 0 aliphatic heterocycles. The van der Waals surface area contributed by atoms with Gasteiger partial charge in [0.1, 0.15) is 0 Å². The van der Waals surface area contributed by atoms with Gasteiger partial charge in [-0.2, -0.15) is 0 Å². The van der Waals surface area contributed by atoms with E-state index < -0.39 is 43.1 Å². The first kappa shape index (κ1) is 13.2. The molecule has 0 spiro atoms. The number of alkyl halides is 2. The lowest BCUT2D eigenvalue weighted by molar-refractivity contribution is -0.389. The lowest BCUT2D eigenvalue weighted by atomic mass is 10.2. The number of hydrogen-bond acceptors (Lipinski definition) is 5. The summed E-state index contributed by atoms with van der Waals surface area (Å²) in [6.45, 7) is 0. The first-order chi connectivity index (χ1) is 7.66. The SMILES string of the molecule is NS(=O)(=O)c1[nH]cc(C(F)F)c(=O)c1[N+](=O)[O-]. The van der Waals surface area contributed by atoms with Crippen molar-refractivity contribution in [1.82, 2.24) is 4.98 Å². The van der Waals surface area contributed by atoms with Gasteiger partial charge in [0.05, 0.1) is 10.5 Å². The molecule has 1 aromatic heterocycles. The van der Waals surface area contributed by atoms with Crippen molar-refractivity contribution in [3.8, 4) is 0 Å². The average molecular weight is 269 g/mol. The highest BCUT2D eigenvalue weighted by atomic mass is 32.2. The topological polar surface area (TPSA) is 136 Å². The Bertz CT molecular complexity index is 623. The molecule has 94 valence electrons. The van der Waals surface area contributed by atoms with Gasteiger partial charge in [0, 0.05) is 6.20 Å². The maximum atomic E-state index is 12.3. The number of nitrogens with one attached hydrogen (secondary N) is 1. The summed E-state index contributed by atoms with van der Waals surface area (Å²) in [6, 6.07) is 0. The average Bonchev–Trinajstić information content (AvgIpc) is 2.14. The number of primary sulfonamides is 1. The Hall–Kier alpha value is -1.88. The van der Waals surface area contributed by atoms with E-state index >= 15 is 0 Å². The van der Waals surface area contributed by atoms with Gasteiger partial charge in [-0.05, 0) is 0 Å². The first-order valence-corrected chi connectivity index (χ1v) is 5.41. The molecule has 8 nitrogen and oxygen atoms in total. The van der Waals surface area contributed by atoms with E-state index in [-0.39, 0.29) is 0 Å². The van der Waals surface area contributed by atoms with Gasteiger partial charge in [-0.1, -0.05) is 0 Å². The van der Waals surface area contributed by atoms with E-state index in [9.17, 15) is 32.1 Å². The molecule has 1 aromatic rings. The molecule has 0 amide bonds. The summed E-state index contributed by atoms with van der Waals surface area (Å²) in [6.07, 6.45) is -2.90. The molecule has 0 aromatic carbocycles. The van der Waals surface area contributed by atoms with Gasteiger partial charge in [0.2, 0.25) is 5.03 Å². The lowest BCUT2D eigenvalue weighted by Gasteiger charge is -2.02. The molecule has 0 saturated carbocycles. The van der Waals surface area contributed by atoms with E-state index in [1.165, 1.54) is 0 Å². The van der Waals surface area contributed by atoms with Crippen LogP contribution in [0.3, 0.4) is 0 Å². The molecule has 0 radical (unpaired) electrons. The van der Waals surface area contributed by atoms with Gasteiger partial charge in [-0.15, -0.1) is 0 Å². The second kappa shape index (κ2) is 4.18. The maximum Gasteiger partial charge on any atom is 0.353 e. The highest BCUT2D eigenvalue weighted by Crippen LogP contribution is 2.21. The number of nitrogens with zero attached hydrogens (tertiary/aromatic N) is 1. The van der Waals surface area contributed by atoms with Crippen LogP contribution < -0.4 is 10.6 Å². The largest absolute Gasteiger partial charge is 0.353 e. The van der Waals surface area contributed by atoms with E-state index in [0.717, 1.165) is 0 Å². The molecular formula is C6H5F2N3O5S. The summed E-state index contributed by atoms with van der Waals surface area (Å²) in [7, 11) is -4.59. The van der Waals surface area contributed by atoms with Crippen molar-refractivity contribution in [3.05, 3.63) is 32.1 Å². The third-order valence-electron chi connectivity index (χ3n) is 1.75. The molecular weight excluding hydrogens is 264 g/mol. The minimum atomic E-state index is -4.59. The van der Waals surface area contributed by atoms with Gasteiger partial charge >= 0.3 is 5.69 Å². The molecule has 0 aliphatic carbocycles. The number of H-pyrrole nitrogens is 1. The van der Waals surface area contributed by atoms with Gasteiger partial charge in [-0.3, -0.25) is 14.9 Å². The van der Waals surface area contributed by atoms with Crippen LogP contribution in [0.1, 0.15) is 12.0 Å². The Morgan fingerprint density at radius 2 is 2.00 bits per heavy atom. The summed E-state index contributed by atoms with van der Waals surface area (Å²) in [5, 5.41) is 13.9. The molecule has 0 bridgehead atoms. The zero-order valence-corrected chi connectivity index (χ0v) is 8.70. The number of nitrogens with two attached hydrogens (primary N) is 1. The molecule has 0 unspecified atom stereocenters. The summed E-state index contributed by atoms with van der Waals surface area (Å²) in [5.41, 5.74) is -4.41. The van der Waals surface area contributed by atoms with Crippen molar-refractivity contribution < 1.29 is 22.1 Å². The Labute approximate surface area is 92.3 Å². The second-order valence-corrected chi connectivity index (χ2v) is 4.35. The van der Waals surface area contributed by atoms with E-state index in [4.69, 9.17) is 0 Å². The van der Waals surface area contributed by atoms with Crippen LogP contribution in [0.4, 0.5) is 14.5 Å². The number of halogens is 2. The highest BCUT2D eigenvalue weighted by molar-refractivity contribution is 7.89. The fourth-order valence-corrected chi connectivity index (χ4v) is 1.72. The minimum Gasteiger partial charge on any atom is -0.345 e. The number of sulfonamides is 1. The fourth-order valence-electron chi connectivity index (χ4n) is 1.06. The molecule has 0 saturated heterocycles. The van der Waals surface area contributed by atoms with Crippen molar-refractivity contribution >= 4 is 15.7 Å². The zero-order valence-electron chi connectivity index (χ0n) is 7.88. The van der Waals surface area contributed by atoms with E-state index in [0.29, 0.717) is 6.20 Å². The number of aromatic nitrogens is 1. The van der Waals surface area contributed by atoms with Crippen molar-refractivity contribution in [2.45, 2.75) is 11.5 Å². The summed E-state index contributed by atoms with van der Waals surface area (Å²) in [5.74, 6) is 0. The summed E-state index contributed by atoms with van der Waals surface area (Å²) in [4.78, 5) is 22.1. The lowest BCUT2D eigenvalue weighted by Crippen LogP contribution is -2.23. The third kappa shape index (κ3) is 2.45. The van der Waals surface area contributed by atoms with Gasteiger partial charge in [-0.25, -0.2) is 22.3 Å². The first-order valence-electron chi connectivity index (χ1n) is 3.87. The quantitative estimate of drug-likeness (QED) is 0.581. The smallest absolute Gasteiger partial charge is 0.345 e. The van der Waals surface area contributed by atoms with Crippen LogP contribution in [-0.4, -0.2) is 18.3 Å². The predicted octanol–water partition coefficient (Wildman–Crippen LogP) is -0.132. The van der Waals surface area contributed by atoms with Gasteiger partial charge in [0.25, 0.3) is 21.9 Å². The standard InChI is InChI=1S/C6H5F2N3O5S/c7-5(8)2-1-10-6(17(9,15)16)3(4(2)12)11(13)14/h1,5H,(H,10,12)(H2,9,15,16). The Morgan fingerprint density at radius 1 is 1.47 bits per heavy atom. The zero-order chi connectivity index (χ0) is 13.4. The monoisotopic (exact) mass is 269 g/mol. The molecule has 0 atom stereocenters. The predicted molar refractivity (Wildman–Crippen MR) is 50.0 cm³/mol. The fraction of sp³-hybridized carbons (Fsp3) is 0.167. The van der Waals surface area contributed by atoms with Crippen molar-refractivity contribution in [2.75, 3.05) is 0 Å². The Morgan fingerprint density at radius 3 is 2.35 bits per heavy atom. The van der Waals surface area contributed by atoms with Crippen LogP contribution in [-0.2, 0) is 10.0 Å². The number of aromatic amines is 1. The number of nitro groups is 1. The van der Waals surface area contributed by atoms with Crippen molar-refractivity contribution in [2.24, 2.45) is 5.14 Å². The maximum absolute atomic E-state index is 12.3. The summed E-state index contributed by atoms with van der Waals surface area (Å²) >= 11 is 0. The number of rotatable bonds is 3. The molecule has 1 heterocycles. The Balaban J connectivity index is 3.76. The molecule has 1 rings (SSSR count). The Kier molecular flexibility index (Phi) is 3.24. The van der Waals surface area contributed by atoms with Crippen LogP contribution in [0.2, 0.25) is 0 Å². The van der Waals surface area contributed by atoms with E-state index in [2.05, 4.69) is 5.14 Å². The third-order valence-corrected chi connectivity index (χ3v) is 2.63. The minimum absolute atomic E-state index is 0.375. The normalized spacial score (nSPS) is 11.8. The van der Waals surface area contributed by atoms with Gasteiger partial charge in [0.15, 0.2) is 0 Å².